The molecule has 1 aromatic carbocycles. The second-order valence-electron chi connectivity index (χ2n) is 5.22. The molecule has 1 aliphatic rings. The van der Waals surface area contributed by atoms with E-state index in [1.54, 1.807) is 0 Å². The number of carbonyl (C=O) groups is 2. The Morgan fingerprint density at radius 1 is 1.35 bits per heavy atom. The molecule has 0 radical (unpaired) electrons. The van der Waals surface area contributed by atoms with Crippen molar-refractivity contribution in [1.29, 1.82) is 0 Å². The molecule has 0 N–H and O–H groups in total. The molecule has 2 rings (SSSR count). The molecule has 2 nitrogen and oxygen atoms in total. The fraction of sp³-hybridized carbons (Fsp3) is 0.467. The molecule has 1 fully saturated rings. The van der Waals surface area contributed by atoms with Crippen LogP contribution in [0.25, 0.3) is 0 Å². The molecule has 0 heterocycles. The van der Waals surface area contributed by atoms with Crippen LogP contribution >= 0.6 is 0 Å². The Morgan fingerprint density at radius 3 is 2.71 bits per heavy atom. The summed E-state index contributed by atoms with van der Waals surface area (Å²) in [7, 11) is 0. The van der Waals surface area contributed by atoms with E-state index in [9.17, 15) is 9.59 Å². The van der Waals surface area contributed by atoms with E-state index in [4.69, 9.17) is 0 Å². The smallest absolute Gasteiger partial charge is 0.149 e. The van der Waals surface area contributed by atoms with Gasteiger partial charge < -0.3 is 4.79 Å². The first-order valence-electron chi connectivity index (χ1n) is 6.19. The maximum absolute atomic E-state index is 12.3. The van der Waals surface area contributed by atoms with E-state index in [0.717, 1.165) is 32.0 Å². The highest BCUT2D eigenvalue weighted by molar-refractivity contribution is 5.97. The fourth-order valence-electron chi connectivity index (χ4n) is 2.77. The molecule has 2 atom stereocenters. The Balaban J connectivity index is 2.18. The Kier molecular flexibility index (Phi) is 3.41. The van der Waals surface area contributed by atoms with Crippen molar-refractivity contribution in [2.75, 3.05) is 0 Å². The van der Waals surface area contributed by atoms with Gasteiger partial charge in [0.25, 0.3) is 0 Å². The van der Waals surface area contributed by atoms with Crippen LogP contribution in [0, 0.1) is 11.3 Å². The SMILES string of the molecule is CC1(Cc2ccccc2)CCCC(C=O)C1=O. The molecular formula is C15H18O2. The molecular weight excluding hydrogens is 212 g/mol. The van der Waals surface area contributed by atoms with Gasteiger partial charge in [-0.05, 0) is 24.8 Å². The van der Waals surface area contributed by atoms with E-state index < -0.39 is 0 Å². The van der Waals surface area contributed by atoms with Crippen molar-refractivity contribution in [3.8, 4) is 0 Å². The highest BCUT2D eigenvalue weighted by Crippen LogP contribution is 2.38. The second-order valence-corrected chi connectivity index (χ2v) is 5.22. The van der Waals surface area contributed by atoms with Crippen molar-refractivity contribution in [3.05, 3.63) is 35.9 Å². The zero-order valence-corrected chi connectivity index (χ0v) is 10.2. The third kappa shape index (κ3) is 2.46. The van der Waals surface area contributed by atoms with Gasteiger partial charge in [0.05, 0.1) is 5.92 Å². The number of aldehydes is 1. The van der Waals surface area contributed by atoms with Gasteiger partial charge in [0, 0.05) is 5.41 Å². The first kappa shape index (κ1) is 12.0. The van der Waals surface area contributed by atoms with E-state index in [-0.39, 0.29) is 17.1 Å². The first-order valence-corrected chi connectivity index (χ1v) is 6.19. The lowest BCUT2D eigenvalue weighted by molar-refractivity contribution is -0.138. The van der Waals surface area contributed by atoms with E-state index in [2.05, 4.69) is 0 Å². The van der Waals surface area contributed by atoms with Gasteiger partial charge in [-0.3, -0.25) is 4.79 Å². The van der Waals surface area contributed by atoms with Crippen molar-refractivity contribution in [3.63, 3.8) is 0 Å². The molecule has 0 saturated heterocycles. The maximum atomic E-state index is 12.3. The molecule has 90 valence electrons. The average Bonchev–Trinajstić information content (AvgIpc) is 2.34. The molecule has 1 aromatic rings. The topological polar surface area (TPSA) is 34.1 Å². The van der Waals surface area contributed by atoms with Crippen LogP contribution in [-0.4, -0.2) is 12.1 Å². The number of hydrogen-bond donors (Lipinski definition) is 0. The van der Waals surface area contributed by atoms with Crippen LogP contribution in [-0.2, 0) is 16.0 Å². The Hall–Kier alpha value is -1.44. The predicted molar refractivity (Wildman–Crippen MR) is 66.7 cm³/mol. The normalized spacial score (nSPS) is 29.0. The summed E-state index contributed by atoms with van der Waals surface area (Å²) in [4.78, 5) is 23.1. The van der Waals surface area contributed by atoms with E-state index >= 15 is 0 Å². The monoisotopic (exact) mass is 230 g/mol. The van der Waals surface area contributed by atoms with E-state index in [0.29, 0.717) is 0 Å². The third-order valence-corrected chi connectivity index (χ3v) is 3.78. The minimum absolute atomic E-state index is 0.127. The lowest BCUT2D eigenvalue weighted by Crippen LogP contribution is -2.39. The van der Waals surface area contributed by atoms with Gasteiger partial charge in [0.1, 0.15) is 12.1 Å². The van der Waals surface area contributed by atoms with Gasteiger partial charge in [-0.2, -0.15) is 0 Å². The summed E-state index contributed by atoms with van der Waals surface area (Å²) in [6, 6.07) is 10.0. The van der Waals surface area contributed by atoms with Crippen LogP contribution in [0.5, 0.6) is 0 Å². The molecule has 0 amide bonds. The van der Waals surface area contributed by atoms with Gasteiger partial charge in [0.2, 0.25) is 0 Å². The average molecular weight is 230 g/mol. The van der Waals surface area contributed by atoms with Crippen LogP contribution in [0.4, 0.5) is 0 Å². The lowest BCUT2D eigenvalue weighted by Gasteiger charge is -2.34. The highest BCUT2D eigenvalue weighted by atomic mass is 16.1. The summed E-state index contributed by atoms with van der Waals surface area (Å²) in [5, 5.41) is 0. The second kappa shape index (κ2) is 4.82. The number of rotatable bonds is 3. The zero-order chi connectivity index (χ0) is 12.3. The van der Waals surface area contributed by atoms with Crippen molar-refractivity contribution in [2.45, 2.75) is 32.6 Å². The minimum Gasteiger partial charge on any atom is -0.303 e. The number of benzene rings is 1. The number of Topliss-reactive ketones (excluding diaryl/α,β-unsaturated/α-hetero) is 1. The zero-order valence-electron chi connectivity index (χ0n) is 10.2. The summed E-state index contributed by atoms with van der Waals surface area (Å²) in [5.74, 6) is -0.250. The minimum atomic E-state index is -0.377. The summed E-state index contributed by atoms with van der Waals surface area (Å²) in [6.45, 7) is 2.00. The van der Waals surface area contributed by atoms with Gasteiger partial charge in [-0.25, -0.2) is 0 Å². The molecule has 1 saturated carbocycles. The number of hydrogen-bond acceptors (Lipinski definition) is 2. The molecule has 0 spiro atoms. The summed E-state index contributed by atoms with van der Waals surface area (Å²) < 4.78 is 0. The largest absolute Gasteiger partial charge is 0.303 e. The Bertz CT molecular complexity index is 410. The predicted octanol–water partition coefficient (Wildman–Crippen LogP) is 2.80. The lowest BCUT2D eigenvalue weighted by atomic mass is 9.67. The highest BCUT2D eigenvalue weighted by Gasteiger charge is 2.40. The Morgan fingerprint density at radius 2 is 2.06 bits per heavy atom. The summed E-state index contributed by atoms with van der Waals surface area (Å²) in [6.07, 6.45) is 4.16. The summed E-state index contributed by atoms with van der Waals surface area (Å²) >= 11 is 0. The van der Waals surface area contributed by atoms with Gasteiger partial charge in [0.15, 0.2) is 0 Å². The van der Waals surface area contributed by atoms with E-state index in [1.807, 2.05) is 37.3 Å². The Labute approximate surface area is 102 Å². The molecule has 0 aliphatic heterocycles. The summed E-state index contributed by atoms with van der Waals surface area (Å²) in [5.41, 5.74) is 0.820. The number of carbonyl (C=O) groups excluding carboxylic acids is 2. The van der Waals surface area contributed by atoms with Crippen molar-refractivity contribution in [2.24, 2.45) is 11.3 Å². The molecule has 2 unspecified atom stereocenters. The van der Waals surface area contributed by atoms with E-state index in [1.165, 1.54) is 5.56 Å². The van der Waals surface area contributed by atoms with Gasteiger partial charge >= 0.3 is 0 Å². The standard InChI is InChI=1S/C15H18O2/c1-15(10-12-6-3-2-4-7-12)9-5-8-13(11-16)14(15)17/h2-4,6-7,11,13H,5,8-10H2,1H3. The molecule has 0 aromatic heterocycles. The quantitative estimate of drug-likeness (QED) is 0.591. The van der Waals surface area contributed by atoms with Crippen LogP contribution < -0.4 is 0 Å². The first-order chi connectivity index (χ1) is 8.15. The van der Waals surface area contributed by atoms with Crippen molar-refractivity contribution < 1.29 is 9.59 Å². The van der Waals surface area contributed by atoms with Crippen molar-refractivity contribution >= 4 is 12.1 Å². The van der Waals surface area contributed by atoms with Crippen LogP contribution in [0.15, 0.2) is 30.3 Å². The third-order valence-electron chi connectivity index (χ3n) is 3.78. The molecule has 1 aliphatic carbocycles. The van der Waals surface area contributed by atoms with Gasteiger partial charge in [-0.1, -0.05) is 43.7 Å². The number of ketones is 1. The molecule has 2 heteroatoms. The van der Waals surface area contributed by atoms with Gasteiger partial charge in [-0.15, -0.1) is 0 Å². The fourth-order valence-corrected chi connectivity index (χ4v) is 2.77. The molecule has 17 heavy (non-hydrogen) atoms. The van der Waals surface area contributed by atoms with Crippen LogP contribution in [0.3, 0.4) is 0 Å². The van der Waals surface area contributed by atoms with Crippen LogP contribution in [0.1, 0.15) is 31.7 Å². The molecule has 0 bridgehead atoms. The van der Waals surface area contributed by atoms with Crippen LogP contribution in [0.2, 0.25) is 0 Å². The maximum Gasteiger partial charge on any atom is 0.149 e. The van der Waals surface area contributed by atoms with Crippen molar-refractivity contribution in [1.82, 2.24) is 0 Å².